The third-order valence-electron chi connectivity index (χ3n) is 3.47. The van der Waals surface area contributed by atoms with Gasteiger partial charge in [-0.3, -0.25) is 9.59 Å². The van der Waals surface area contributed by atoms with E-state index < -0.39 is 0 Å². The highest BCUT2D eigenvalue weighted by atomic mass is 16.3. The summed E-state index contributed by atoms with van der Waals surface area (Å²) in [5.74, 6) is -0.377. The van der Waals surface area contributed by atoms with E-state index in [1.54, 1.807) is 19.3 Å². The highest BCUT2D eigenvalue weighted by Crippen LogP contribution is 2.06. The predicted octanol–water partition coefficient (Wildman–Crippen LogP) is 1.27. The lowest BCUT2D eigenvalue weighted by atomic mass is 10.1. The van der Waals surface area contributed by atoms with Gasteiger partial charge >= 0.3 is 0 Å². The molecule has 0 bridgehead atoms. The van der Waals surface area contributed by atoms with Gasteiger partial charge in [0.2, 0.25) is 0 Å². The molecule has 0 unspecified atom stereocenters. The maximum absolute atomic E-state index is 12.5. The molecule has 1 aromatic heterocycles. The summed E-state index contributed by atoms with van der Waals surface area (Å²) in [6.45, 7) is 2.49. The topological polar surface area (TPSA) is 62.5 Å². The van der Waals surface area contributed by atoms with Crippen LogP contribution in [0.4, 0.5) is 0 Å². The Hall–Kier alpha value is -2.40. The van der Waals surface area contributed by atoms with E-state index >= 15 is 0 Å². The normalized spacial score (nSPS) is 10.5. The molecule has 1 amide bonds. The standard InChI is InChI=1S/C17H20N2O3/c1-13-5-3-6-14(11-13)12-19-8-4-7-15(17(19)22)16(21)18(2)9-10-20/h3-8,11,20H,9-10,12H2,1-2H3. The number of aliphatic hydroxyl groups excluding tert-OH is 1. The van der Waals surface area contributed by atoms with Crippen LogP contribution < -0.4 is 5.56 Å². The molecule has 116 valence electrons. The van der Waals surface area contributed by atoms with Crippen LogP contribution in [0.5, 0.6) is 0 Å². The van der Waals surface area contributed by atoms with Crippen molar-refractivity contribution in [3.05, 3.63) is 69.6 Å². The Labute approximate surface area is 129 Å². The molecule has 5 heteroatoms. The van der Waals surface area contributed by atoms with Gasteiger partial charge in [-0.15, -0.1) is 0 Å². The van der Waals surface area contributed by atoms with Crippen molar-refractivity contribution < 1.29 is 9.90 Å². The highest BCUT2D eigenvalue weighted by molar-refractivity contribution is 5.93. The summed E-state index contributed by atoms with van der Waals surface area (Å²) in [6, 6.07) is 11.1. The lowest BCUT2D eigenvalue weighted by molar-refractivity contribution is 0.0764. The number of hydrogen-bond acceptors (Lipinski definition) is 3. The Bertz CT molecular complexity index is 722. The summed E-state index contributed by atoms with van der Waals surface area (Å²) in [6.07, 6.45) is 1.67. The van der Waals surface area contributed by atoms with Crippen LogP contribution in [0.2, 0.25) is 0 Å². The summed E-state index contributed by atoms with van der Waals surface area (Å²) in [7, 11) is 1.57. The Morgan fingerprint density at radius 3 is 2.73 bits per heavy atom. The number of aromatic nitrogens is 1. The number of aliphatic hydroxyl groups is 1. The lowest BCUT2D eigenvalue weighted by Crippen LogP contribution is -2.35. The number of carbonyl (C=O) groups is 1. The molecule has 0 spiro atoms. The van der Waals surface area contributed by atoms with Gasteiger partial charge in [0.15, 0.2) is 0 Å². The van der Waals surface area contributed by atoms with Gasteiger partial charge in [-0.25, -0.2) is 0 Å². The summed E-state index contributed by atoms with van der Waals surface area (Å²) >= 11 is 0. The van der Waals surface area contributed by atoms with Gasteiger partial charge in [0.05, 0.1) is 13.2 Å². The monoisotopic (exact) mass is 300 g/mol. The van der Waals surface area contributed by atoms with E-state index in [1.807, 2.05) is 31.2 Å². The maximum Gasteiger partial charge on any atom is 0.263 e. The van der Waals surface area contributed by atoms with Gasteiger partial charge in [-0.05, 0) is 24.6 Å². The first kappa shape index (κ1) is 16.0. The minimum atomic E-state index is -0.377. The number of hydrogen-bond donors (Lipinski definition) is 1. The van der Waals surface area contributed by atoms with Crippen molar-refractivity contribution in [2.75, 3.05) is 20.2 Å². The van der Waals surface area contributed by atoms with Crippen LogP contribution in [-0.2, 0) is 6.54 Å². The van der Waals surface area contributed by atoms with E-state index in [2.05, 4.69) is 0 Å². The van der Waals surface area contributed by atoms with Crippen LogP contribution in [0.1, 0.15) is 21.5 Å². The Balaban J connectivity index is 2.30. The van der Waals surface area contributed by atoms with Crippen molar-refractivity contribution in [3.63, 3.8) is 0 Å². The SMILES string of the molecule is Cc1cccc(Cn2cccc(C(=O)N(C)CCO)c2=O)c1. The second-order valence-electron chi connectivity index (χ2n) is 5.29. The molecular weight excluding hydrogens is 280 g/mol. The van der Waals surface area contributed by atoms with E-state index in [1.165, 1.54) is 15.5 Å². The third kappa shape index (κ3) is 3.62. The van der Waals surface area contributed by atoms with Gasteiger partial charge in [-0.2, -0.15) is 0 Å². The smallest absolute Gasteiger partial charge is 0.263 e. The van der Waals surface area contributed by atoms with Gasteiger partial charge in [0.1, 0.15) is 5.56 Å². The van der Waals surface area contributed by atoms with E-state index in [0.717, 1.165) is 11.1 Å². The van der Waals surface area contributed by atoms with Crippen LogP contribution in [0.3, 0.4) is 0 Å². The first-order valence-corrected chi connectivity index (χ1v) is 7.14. The number of pyridine rings is 1. The van der Waals surface area contributed by atoms with Crippen LogP contribution in [0.15, 0.2) is 47.4 Å². The lowest BCUT2D eigenvalue weighted by Gasteiger charge is -2.16. The Morgan fingerprint density at radius 2 is 2.05 bits per heavy atom. The fraction of sp³-hybridized carbons (Fsp3) is 0.294. The zero-order valence-electron chi connectivity index (χ0n) is 12.8. The molecule has 2 rings (SSSR count). The van der Waals surface area contributed by atoms with Crippen LogP contribution in [0.25, 0.3) is 0 Å². The second kappa shape index (κ2) is 7.04. The van der Waals surface area contributed by atoms with E-state index in [-0.39, 0.29) is 30.2 Å². The minimum absolute atomic E-state index is 0.117. The quantitative estimate of drug-likeness (QED) is 0.904. The summed E-state index contributed by atoms with van der Waals surface area (Å²) in [5.41, 5.74) is 1.93. The summed E-state index contributed by atoms with van der Waals surface area (Å²) in [5, 5.41) is 8.90. The van der Waals surface area contributed by atoms with Crippen LogP contribution in [-0.4, -0.2) is 40.7 Å². The molecule has 0 atom stereocenters. The molecule has 1 N–H and O–H groups in total. The van der Waals surface area contributed by atoms with Crippen molar-refractivity contribution >= 4 is 5.91 Å². The molecule has 0 radical (unpaired) electrons. The molecule has 1 aromatic carbocycles. The number of nitrogens with zero attached hydrogens (tertiary/aromatic N) is 2. The number of carbonyl (C=O) groups excluding carboxylic acids is 1. The van der Waals surface area contributed by atoms with Crippen molar-refractivity contribution in [1.82, 2.24) is 9.47 Å². The fourth-order valence-corrected chi connectivity index (χ4v) is 2.29. The number of rotatable bonds is 5. The highest BCUT2D eigenvalue weighted by Gasteiger charge is 2.16. The third-order valence-corrected chi connectivity index (χ3v) is 3.47. The molecule has 22 heavy (non-hydrogen) atoms. The van der Waals surface area contributed by atoms with E-state index in [4.69, 9.17) is 5.11 Å². The van der Waals surface area contributed by atoms with Crippen molar-refractivity contribution in [1.29, 1.82) is 0 Å². The fourth-order valence-electron chi connectivity index (χ4n) is 2.29. The van der Waals surface area contributed by atoms with Gasteiger partial charge in [0.25, 0.3) is 11.5 Å². The van der Waals surface area contributed by atoms with Gasteiger partial charge < -0.3 is 14.6 Å². The summed E-state index contributed by atoms with van der Waals surface area (Å²) in [4.78, 5) is 26.0. The molecule has 1 heterocycles. The first-order valence-electron chi connectivity index (χ1n) is 7.14. The number of benzene rings is 1. The van der Waals surface area contributed by atoms with Crippen molar-refractivity contribution in [2.24, 2.45) is 0 Å². The number of likely N-dealkylation sites (N-methyl/N-ethyl adjacent to an activating group) is 1. The van der Waals surface area contributed by atoms with Crippen LogP contribution in [0, 0.1) is 6.92 Å². The molecule has 0 saturated heterocycles. The Kier molecular flexibility index (Phi) is 5.12. The molecule has 0 aliphatic carbocycles. The minimum Gasteiger partial charge on any atom is -0.395 e. The maximum atomic E-state index is 12.5. The summed E-state index contributed by atoms with van der Waals surface area (Å²) < 4.78 is 1.52. The molecule has 0 aliphatic heterocycles. The predicted molar refractivity (Wildman–Crippen MR) is 85.0 cm³/mol. The largest absolute Gasteiger partial charge is 0.395 e. The number of aryl methyl sites for hydroxylation is 1. The second-order valence-corrected chi connectivity index (χ2v) is 5.29. The molecule has 0 aliphatic rings. The van der Waals surface area contributed by atoms with E-state index in [0.29, 0.717) is 6.54 Å². The average Bonchev–Trinajstić information content (AvgIpc) is 2.49. The first-order chi connectivity index (χ1) is 10.5. The molecule has 0 fully saturated rings. The van der Waals surface area contributed by atoms with Crippen molar-refractivity contribution in [2.45, 2.75) is 13.5 Å². The van der Waals surface area contributed by atoms with E-state index in [9.17, 15) is 9.59 Å². The molecule has 2 aromatic rings. The zero-order chi connectivity index (χ0) is 16.1. The van der Waals surface area contributed by atoms with Crippen molar-refractivity contribution in [3.8, 4) is 0 Å². The zero-order valence-corrected chi connectivity index (χ0v) is 12.8. The average molecular weight is 300 g/mol. The van der Waals surface area contributed by atoms with Gasteiger partial charge in [0, 0.05) is 19.8 Å². The molecule has 5 nitrogen and oxygen atoms in total. The number of amides is 1. The molecule has 0 saturated carbocycles. The molecular formula is C17H20N2O3. The Morgan fingerprint density at radius 1 is 1.27 bits per heavy atom. The van der Waals surface area contributed by atoms with Gasteiger partial charge in [-0.1, -0.05) is 29.8 Å². The van der Waals surface area contributed by atoms with Crippen LogP contribution >= 0.6 is 0 Å².